The summed E-state index contributed by atoms with van der Waals surface area (Å²) in [7, 11) is 1.69. The number of carboxylic acid groups (broad SMARTS) is 1. The van der Waals surface area contributed by atoms with Gasteiger partial charge in [-0.2, -0.15) is 0 Å². The smallest absolute Gasteiger partial charge is 0.313 e. The van der Waals surface area contributed by atoms with E-state index in [0.29, 0.717) is 18.6 Å². The van der Waals surface area contributed by atoms with Crippen LogP contribution < -0.4 is 0 Å². The quantitative estimate of drug-likeness (QED) is 0.731. The van der Waals surface area contributed by atoms with Crippen LogP contribution in [0, 0.1) is 5.92 Å². The second-order valence-electron chi connectivity index (χ2n) is 4.95. The zero-order valence-electron chi connectivity index (χ0n) is 11.2. The minimum Gasteiger partial charge on any atom is -0.481 e. The minimum atomic E-state index is -0.829. The van der Waals surface area contributed by atoms with E-state index in [-0.39, 0.29) is 5.75 Å². The minimum absolute atomic E-state index is 0.0263. The number of hydrogen-bond donors (Lipinski definition) is 1. The SMILES string of the molecule is COCC(C)Cc1nnc(SCC(=O)O)n1C1CC1. The molecule has 1 aliphatic carbocycles. The molecule has 1 aromatic rings. The molecule has 0 amide bonds. The molecular weight excluding hydrogens is 266 g/mol. The van der Waals surface area contributed by atoms with Crippen molar-refractivity contribution in [3.63, 3.8) is 0 Å². The third kappa shape index (κ3) is 3.94. The van der Waals surface area contributed by atoms with Crippen LogP contribution in [0.2, 0.25) is 0 Å². The van der Waals surface area contributed by atoms with Crippen LogP contribution in [0.15, 0.2) is 5.16 Å². The monoisotopic (exact) mass is 285 g/mol. The fourth-order valence-electron chi connectivity index (χ4n) is 2.03. The predicted octanol–water partition coefficient (Wildman–Crippen LogP) is 1.61. The lowest BCUT2D eigenvalue weighted by Gasteiger charge is -2.12. The van der Waals surface area contributed by atoms with Gasteiger partial charge in [0, 0.05) is 26.2 Å². The van der Waals surface area contributed by atoms with Crippen LogP contribution in [0.3, 0.4) is 0 Å². The van der Waals surface area contributed by atoms with E-state index < -0.39 is 5.97 Å². The Labute approximate surface area is 116 Å². The first kappa shape index (κ1) is 14.3. The van der Waals surface area contributed by atoms with E-state index >= 15 is 0 Å². The summed E-state index contributed by atoms with van der Waals surface area (Å²) in [5.74, 6) is 0.520. The van der Waals surface area contributed by atoms with Crippen LogP contribution in [0.1, 0.15) is 31.6 Å². The molecule has 6 nitrogen and oxygen atoms in total. The van der Waals surface area contributed by atoms with Crippen molar-refractivity contribution in [3.8, 4) is 0 Å². The molecule has 1 unspecified atom stereocenters. The van der Waals surface area contributed by atoms with Gasteiger partial charge in [0.2, 0.25) is 0 Å². The van der Waals surface area contributed by atoms with Gasteiger partial charge in [0.25, 0.3) is 0 Å². The summed E-state index contributed by atoms with van der Waals surface area (Å²) in [6, 6.07) is 0.455. The molecule has 1 fully saturated rings. The second kappa shape index (κ2) is 6.38. The Bertz CT molecular complexity index is 445. The fourth-order valence-corrected chi connectivity index (χ4v) is 2.77. The van der Waals surface area contributed by atoms with Gasteiger partial charge < -0.3 is 14.4 Å². The number of nitrogens with zero attached hydrogens (tertiary/aromatic N) is 3. The summed E-state index contributed by atoms with van der Waals surface area (Å²) in [5, 5.41) is 17.8. The number of thioether (sulfide) groups is 1. The maximum Gasteiger partial charge on any atom is 0.313 e. The van der Waals surface area contributed by atoms with E-state index in [4.69, 9.17) is 9.84 Å². The van der Waals surface area contributed by atoms with E-state index in [0.717, 1.165) is 30.2 Å². The Morgan fingerprint density at radius 2 is 2.32 bits per heavy atom. The zero-order valence-corrected chi connectivity index (χ0v) is 12.0. The van der Waals surface area contributed by atoms with Crippen LogP contribution in [0.5, 0.6) is 0 Å². The number of aliphatic carboxylic acids is 1. The summed E-state index contributed by atoms with van der Waals surface area (Å²) in [6.07, 6.45) is 3.07. The van der Waals surface area contributed by atoms with Crippen LogP contribution in [-0.4, -0.2) is 45.3 Å². The summed E-state index contributed by atoms with van der Waals surface area (Å²) in [5.41, 5.74) is 0. The maximum absolute atomic E-state index is 10.6. The van der Waals surface area contributed by atoms with Gasteiger partial charge in [-0.1, -0.05) is 18.7 Å². The Hall–Kier alpha value is -1.08. The highest BCUT2D eigenvalue weighted by Crippen LogP contribution is 2.39. The predicted molar refractivity (Wildman–Crippen MR) is 71.4 cm³/mol. The van der Waals surface area contributed by atoms with E-state index in [1.54, 1.807) is 7.11 Å². The van der Waals surface area contributed by atoms with Gasteiger partial charge in [0.15, 0.2) is 5.16 Å². The number of ether oxygens (including phenoxy) is 1. The van der Waals surface area contributed by atoms with E-state index in [2.05, 4.69) is 21.7 Å². The molecule has 1 aromatic heterocycles. The summed E-state index contributed by atoms with van der Waals surface area (Å²) >= 11 is 1.24. The largest absolute Gasteiger partial charge is 0.481 e. The molecule has 0 bridgehead atoms. The normalized spacial score (nSPS) is 16.5. The summed E-state index contributed by atoms with van der Waals surface area (Å²) < 4.78 is 7.25. The number of hydrogen-bond acceptors (Lipinski definition) is 5. The van der Waals surface area contributed by atoms with Gasteiger partial charge in [-0.05, 0) is 18.8 Å². The third-order valence-electron chi connectivity index (χ3n) is 2.95. The molecular formula is C12H19N3O3S. The van der Waals surface area contributed by atoms with Crippen molar-refractivity contribution in [2.75, 3.05) is 19.5 Å². The maximum atomic E-state index is 10.6. The molecule has 106 valence electrons. The standard InChI is InChI=1S/C12H19N3O3S/c1-8(6-18-2)5-10-13-14-12(19-7-11(16)17)15(10)9-3-4-9/h8-9H,3-7H2,1-2H3,(H,16,17). The summed E-state index contributed by atoms with van der Waals surface area (Å²) in [4.78, 5) is 10.6. The molecule has 19 heavy (non-hydrogen) atoms. The number of aromatic nitrogens is 3. The first-order valence-electron chi connectivity index (χ1n) is 6.39. The molecule has 1 atom stereocenters. The van der Waals surface area contributed by atoms with Crippen molar-refractivity contribution in [3.05, 3.63) is 5.82 Å². The van der Waals surface area contributed by atoms with E-state index in [1.165, 1.54) is 11.8 Å². The Morgan fingerprint density at radius 1 is 1.58 bits per heavy atom. The highest BCUT2D eigenvalue weighted by atomic mass is 32.2. The van der Waals surface area contributed by atoms with Crippen molar-refractivity contribution in [2.24, 2.45) is 5.92 Å². The zero-order chi connectivity index (χ0) is 13.8. The van der Waals surface area contributed by atoms with Crippen molar-refractivity contribution in [2.45, 2.75) is 37.4 Å². The lowest BCUT2D eigenvalue weighted by atomic mass is 10.1. The van der Waals surface area contributed by atoms with Gasteiger partial charge in [-0.25, -0.2) is 0 Å². The molecule has 1 saturated carbocycles. The van der Waals surface area contributed by atoms with E-state index in [1.807, 2.05) is 0 Å². The van der Waals surface area contributed by atoms with Crippen molar-refractivity contribution >= 4 is 17.7 Å². The molecule has 0 aromatic carbocycles. The van der Waals surface area contributed by atoms with E-state index in [9.17, 15) is 4.79 Å². The van der Waals surface area contributed by atoms with Crippen LogP contribution >= 0.6 is 11.8 Å². The molecule has 2 rings (SSSR count). The van der Waals surface area contributed by atoms with Crippen LogP contribution in [0.25, 0.3) is 0 Å². The second-order valence-corrected chi connectivity index (χ2v) is 5.89. The van der Waals surface area contributed by atoms with Crippen LogP contribution in [0.4, 0.5) is 0 Å². The Kier molecular flexibility index (Phi) is 4.81. The first-order chi connectivity index (χ1) is 9.11. The molecule has 0 spiro atoms. The van der Waals surface area contributed by atoms with Gasteiger partial charge in [0.1, 0.15) is 5.82 Å². The lowest BCUT2D eigenvalue weighted by Crippen LogP contribution is -2.12. The van der Waals surface area contributed by atoms with Crippen molar-refractivity contribution in [1.82, 2.24) is 14.8 Å². The van der Waals surface area contributed by atoms with Gasteiger partial charge in [-0.15, -0.1) is 10.2 Å². The van der Waals surface area contributed by atoms with Gasteiger partial charge in [-0.3, -0.25) is 4.79 Å². The van der Waals surface area contributed by atoms with Gasteiger partial charge >= 0.3 is 5.97 Å². The number of rotatable bonds is 8. The Balaban J connectivity index is 2.08. The lowest BCUT2D eigenvalue weighted by molar-refractivity contribution is -0.133. The molecule has 0 aliphatic heterocycles. The molecule has 1 aliphatic rings. The molecule has 7 heteroatoms. The number of methoxy groups -OCH3 is 1. The molecule has 0 saturated heterocycles. The molecule has 1 N–H and O–H groups in total. The topological polar surface area (TPSA) is 77.2 Å². The highest BCUT2D eigenvalue weighted by Gasteiger charge is 2.30. The molecule has 0 radical (unpaired) electrons. The number of carboxylic acids is 1. The Morgan fingerprint density at radius 3 is 2.89 bits per heavy atom. The summed E-state index contributed by atoms with van der Waals surface area (Å²) in [6.45, 7) is 2.80. The molecule has 1 heterocycles. The number of carbonyl (C=O) groups is 1. The average molecular weight is 285 g/mol. The third-order valence-corrected chi connectivity index (χ3v) is 3.88. The van der Waals surface area contributed by atoms with Crippen molar-refractivity contribution in [1.29, 1.82) is 0 Å². The fraction of sp³-hybridized carbons (Fsp3) is 0.750. The first-order valence-corrected chi connectivity index (χ1v) is 7.37. The van der Waals surface area contributed by atoms with Gasteiger partial charge in [0.05, 0.1) is 5.75 Å². The average Bonchev–Trinajstić information content (AvgIpc) is 3.10. The van der Waals surface area contributed by atoms with Crippen molar-refractivity contribution < 1.29 is 14.6 Å². The van der Waals surface area contributed by atoms with Crippen LogP contribution in [-0.2, 0) is 16.0 Å². The highest BCUT2D eigenvalue weighted by molar-refractivity contribution is 7.99.